The molecule has 1 fully saturated rings. The Morgan fingerprint density at radius 2 is 1.67 bits per heavy atom. The average Bonchev–Trinajstić information content (AvgIpc) is 2.61. The summed E-state index contributed by atoms with van der Waals surface area (Å²) in [5, 5.41) is 10.2. The van der Waals surface area contributed by atoms with Crippen molar-refractivity contribution < 1.29 is 18.3 Å². The molecule has 1 aliphatic rings. The van der Waals surface area contributed by atoms with Gasteiger partial charge in [-0.3, -0.25) is 9.52 Å². The highest BCUT2D eigenvalue weighted by Crippen LogP contribution is 2.25. The van der Waals surface area contributed by atoms with Crippen molar-refractivity contribution in [2.45, 2.75) is 6.92 Å². The van der Waals surface area contributed by atoms with E-state index in [1.54, 1.807) is 4.90 Å². The Labute approximate surface area is 159 Å². The van der Waals surface area contributed by atoms with Crippen molar-refractivity contribution >= 4 is 27.3 Å². The summed E-state index contributed by atoms with van der Waals surface area (Å²) in [6.45, 7) is 4.57. The van der Waals surface area contributed by atoms with Crippen molar-refractivity contribution in [2.24, 2.45) is 0 Å². The molecule has 8 heteroatoms. The lowest BCUT2D eigenvalue weighted by molar-refractivity contribution is 0.0744. The number of rotatable bonds is 4. The summed E-state index contributed by atoms with van der Waals surface area (Å²) in [6.07, 6.45) is 1.02. The van der Waals surface area contributed by atoms with E-state index in [4.69, 9.17) is 0 Å². The monoisotopic (exact) mass is 389 g/mol. The van der Waals surface area contributed by atoms with E-state index in [2.05, 4.69) is 33.9 Å². The number of aromatic hydroxyl groups is 1. The van der Waals surface area contributed by atoms with E-state index >= 15 is 0 Å². The Kier molecular flexibility index (Phi) is 5.27. The van der Waals surface area contributed by atoms with Crippen LogP contribution in [0.2, 0.25) is 0 Å². The van der Waals surface area contributed by atoms with Crippen LogP contribution in [-0.4, -0.2) is 56.8 Å². The minimum Gasteiger partial charge on any atom is -0.507 e. The number of sulfonamides is 1. The summed E-state index contributed by atoms with van der Waals surface area (Å²) in [7, 11) is -3.44. The number of piperazine rings is 1. The number of nitrogens with zero attached hydrogens (tertiary/aromatic N) is 2. The molecule has 7 nitrogen and oxygen atoms in total. The van der Waals surface area contributed by atoms with Crippen molar-refractivity contribution in [1.82, 2.24) is 4.90 Å². The van der Waals surface area contributed by atoms with Gasteiger partial charge in [-0.2, -0.15) is 0 Å². The molecular formula is C19H23N3O4S. The van der Waals surface area contributed by atoms with Crippen LogP contribution in [0.15, 0.2) is 42.5 Å². The Balaban J connectivity index is 1.66. The molecule has 0 radical (unpaired) electrons. The Hall–Kier alpha value is -2.74. The fourth-order valence-corrected chi connectivity index (χ4v) is 3.64. The smallest absolute Gasteiger partial charge is 0.257 e. The van der Waals surface area contributed by atoms with Gasteiger partial charge in [0, 0.05) is 37.9 Å². The SMILES string of the molecule is Cc1ccc(N2CCN(C(=O)c3ccc(NS(C)(=O)=O)cc3O)CC2)cc1. The third-order valence-electron chi connectivity index (χ3n) is 4.50. The fraction of sp³-hybridized carbons (Fsp3) is 0.316. The van der Waals surface area contributed by atoms with Gasteiger partial charge < -0.3 is 14.9 Å². The van der Waals surface area contributed by atoms with Crippen molar-refractivity contribution in [3.63, 3.8) is 0 Å². The molecule has 2 aromatic rings. The summed E-state index contributed by atoms with van der Waals surface area (Å²) in [6, 6.07) is 12.4. The highest BCUT2D eigenvalue weighted by atomic mass is 32.2. The minimum absolute atomic E-state index is 0.165. The number of carbonyl (C=O) groups excluding carboxylic acids is 1. The van der Waals surface area contributed by atoms with Gasteiger partial charge in [-0.05, 0) is 31.2 Å². The number of phenolic OH excluding ortho intramolecular Hbond substituents is 1. The number of anilines is 2. The molecule has 144 valence electrons. The summed E-state index contributed by atoms with van der Waals surface area (Å²) < 4.78 is 24.8. The third-order valence-corrected chi connectivity index (χ3v) is 5.10. The minimum atomic E-state index is -3.44. The Morgan fingerprint density at radius 1 is 1.04 bits per heavy atom. The number of hydrogen-bond donors (Lipinski definition) is 2. The van der Waals surface area contributed by atoms with Crippen LogP contribution in [0.5, 0.6) is 5.75 Å². The summed E-state index contributed by atoms with van der Waals surface area (Å²) in [4.78, 5) is 16.6. The second kappa shape index (κ2) is 7.48. The van der Waals surface area contributed by atoms with Gasteiger partial charge in [0.05, 0.1) is 17.5 Å². The van der Waals surface area contributed by atoms with Crippen LogP contribution in [-0.2, 0) is 10.0 Å². The molecule has 0 bridgehead atoms. The molecule has 0 aliphatic carbocycles. The maximum atomic E-state index is 12.7. The molecule has 0 aromatic heterocycles. The van der Waals surface area contributed by atoms with E-state index in [0.29, 0.717) is 26.2 Å². The number of amides is 1. The molecule has 1 aliphatic heterocycles. The van der Waals surface area contributed by atoms with Gasteiger partial charge in [-0.25, -0.2) is 8.42 Å². The van der Waals surface area contributed by atoms with Crippen LogP contribution in [0.25, 0.3) is 0 Å². The van der Waals surface area contributed by atoms with E-state index in [1.807, 2.05) is 6.92 Å². The molecule has 1 amide bonds. The van der Waals surface area contributed by atoms with E-state index in [1.165, 1.54) is 23.8 Å². The lowest BCUT2D eigenvalue weighted by atomic mass is 10.1. The summed E-state index contributed by atoms with van der Waals surface area (Å²) >= 11 is 0. The van der Waals surface area contributed by atoms with Crippen LogP contribution in [0.4, 0.5) is 11.4 Å². The maximum absolute atomic E-state index is 12.7. The Morgan fingerprint density at radius 3 is 2.22 bits per heavy atom. The number of phenols is 1. The number of hydrogen-bond acceptors (Lipinski definition) is 5. The first-order valence-corrected chi connectivity index (χ1v) is 10.5. The fourth-order valence-electron chi connectivity index (χ4n) is 3.08. The molecule has 0 atom stereocenters. The van der Waals surface area contributed by atoms with Gasteiger partial charge in [-0.15, -0.1) is 0 Å². The lowest BCUT2D eigenvalue weighted by Gasteiger charge is -2.36. The first-order chi connectivity index (χ1) is 12.7. The summed E-state index contributed by atoms with van der Waals surface area (Å²) in [5.41, 5.74) is 2.72. The van der Waals surface area contributed by atoms with Crippen LogP contribution in [0.3, 0.4) is 0 Å². The largest absolute Gasteiger partial charge is 0.507 e. The molecule has 1 heterocycles. The summed E-state index contributed by atoms with van der Waals surface area (Å²) in [5.74, 6) is -0.503. The molecular weight excluding hydrogens is 366 g/mol. The van der Waals surface area contributed by atoms with Crippen LogP contribution in [0, 0.1) is 6.92 Å². The lowest BCUT2D eigenvalue weighted by Crippen LogP contribution is -2.48. The zero-order valence-corrected chi connectivity index (χ0v) is 16.2. The molecule has 2 N–H and O–H groups in total. The number of benzene rings is 2. The quantitative estimate of drug-likeness (QED) is 0.835. The van der Waals surface area contributed by atoms with Crippen molar-refractivity contribution in [3.05, 3.63) is 53.6 Å². The van der Waals surface area contributed by atoms with Crippen LogP contribution >= 0.6 is 0 Å². The van der Waals surface area contributed by atoms with Gasteiger partial charge >= 0.3 is 0 Å². The third kappa shape index (κ3) is 4.71. The van der Waals surface area contributed by atoms with Crippen LogP contribution < -0.4 is 9.62 Å². The molecule has 3 rings (SSSR count). The number of carbonyl (C=O) groups is 1. The Bertz CT molecular complexity index is 934. The highest BCUT2D eigenvalue weighted by molar-refractivity contribution is 7.92. The predicted molar refractivity (Wildman–Crippen MR) is 106 cm³/mol. The van der Waals surface area contributed by atoms with Gasteiger partial charge in [0.1, 0.15) is 5.75 Å². The van der Waals surface area contributed by atoms with Crippen molar-refractivity contribution in [2.75, 3.05) is 42.1 Å². The molecule has 0 unspecified atom stereocenters. The van der Waals surface area contributed by atoms with E-state index in [9.17, 15) is 18.3 Å². The van der Waals surface area contributed by atoms with Gasteiger partial charge in [-0.1, -0.05) is 17.7 Å². The van der Waals surface area contributed by atoms with Crippen molar-refractivity contribution in [1.29, 1.82) is 0 Å². The maximum Gasteiger partial charge on any atom is 0.257 e. The predicted octanol–water partition coefficient (Wildman–Crippen LogP) is 2.03. The van der Waals surface area contributed by atoms with Gasteiger partial charge in [0.2, 0.25) is 10.0 Å². The zero-order valence-electron chi connectivity index (χ0n) is 15.3. The van der Waals surface area contributed by atoms with Gasteiger partial charge in [0.25, 0.3) is 5.91 Å². The van der Waals surface area contributed by atoms with Gasteiger partial charge in [0.15, 0.2) is 0 Å². The second-order valence-electron chi connectivity index (χ2n) is 6.72. The highest BCUT2D eigenvalue weighted by Gasteiger charge is 2.24. The average molecular weight is 389 g/mol. The van der Waals surface area contributed by atoms with E-state index in [-0.39, 0.29) is 22.9 Å². The second-order valence-corrected chi connectivity index (χ2v) is 8.47. The van der Waals surface area contributed by atoms with Crippen molar-refractivity contribution in [3.8, 4) is 5.75 Å². The standard InChI is InChI=1S/C19H23N3O4S/c1-14-3-6-16(7-4-14)21-9-11-22(12-10-21)19(24)17-8-5-15(13-18(17)23)20-27(2,25)26/h3-8,13,20,23H,9-12H2,1-2H3. The molecule has 27 heavy (non-hydrogen) atoms. The normalized spacial score (nSPS) is 14.9. The van der Waals surface area contributed by atoms with E-state index in [0.717, 1.165) is 11.9 Å². The molecule has 2 aromatic carbocycles. The topological polar surface area (TPSA) is 90.0 Å². The first-order valence-electron chi connectivity index (χ1n) is 8.64. The number of aryl methyl sites for hydroxylation is 1. The van der Waals surface area contributed by atoms with E-state index < -0.39 is 10.0 Å². The molecule has 0 saturated carbocycles. The molecule has 0 spiro atoms. The zero-order chi connectivity index (χ0) is 19.6. The van der Waals surface area contributed by atoms with Crippen LogP contribution in [0.1, 0.15) is 15.9 Å². The first kappa shape index (κ1) is 19.0. The molecule has 1 saturated heterocycles. The number of nitrogens with one attached hydrogen (secondary N) is 1.